The molecule has 0 spiro atoms. The van der Waals surface area contributed by atoms with Gasteiger partial charge in [-0.2, -0.15) is 0 Å². The van der Waals surface area contributed by atoms with Gasteiger partial charge in [0.25, 0.3) is 0 Å². The van der Waals surface area contributed by atoms with Crippen molar-refractivity contribution in [3.8, 4) is 0 Å². The minimum Gasteiger partial charge on any atom is -0.465 e. The SMILES string of the molecule is CC(C)C(=O)OC1=CC2CC1C1C3C=C(C4C(=O)OCC43)C21. The fourth-order valence-electron chi connectivity index (χ4n) is 5.69. The molecule has 5 aliphatic rings. The molecule has 1 heterocycles. The third-order valence-corrected chi connectivity index (χ3v) is 6.47. The normalized spacial score (nSPS) is 46.5. The van der Waals surface area contributed by atoms with Crippen molar-refractivity contribution in [3.63, 3.8) is 0 Å². The zero-order valence-electron chi connectivity index (χ0n) is 12.8. The van der Waals surface area contributed by atoms with Gasteiger partial charge in [0.05, 0.1) is 18.4 Å². The highest BCUT2D eigenvalue weighted by molar-refractivity contribution is 5.80. The molecular formula is C18H20O4. The average molecular weight is 300 g/mol. The van der Waals surface area contributed by atoms with Gasteiger partial charge in [0.1, 0.15) is 5.76 Å². The number of carbonyl (C=O) groups excluding carboxylic acids is 2. The monoisotopic (exact) mass is 300 g/mol. The molecule has 0 aromatic rings. The van der Waals surface area contributed by atoms with Gasteiger partial charge in [-0.3, -0.25) is 9.59 Å². The van der Waals surface area contributed by atoms with Crippen molar-refractivity contribution in [2.24, 2.45) is 47.3 Å². The van der Waals surface area contributed by atoms with Gasteiger partial charge >= 0.3 is 11.9 Å². The summed E-state index contributed by atoms with van der Waals surface area (Å²) in [6.45, 7) is 4.30. The molecule has 4 nitrogen and oxygen atoms in total. The number of ether oxygens (including phenoxy) is 2. The number of carbonyl (C=O) groups is 2. The maximum atomic E-state index is 12.0. The molecule has 116 valence electrons. The molecule has 0 aromatic heterocycles. The summed E-state index contributed by atoms with van der Waals surface area (Å²) in [5.74, 6) is 3.26. The third kappa shape index (κ3) is 1.39. The summed E-state index contributed by atoms with van der Waals surface area (Å²) in [5.41, 5.74) is 1.33. The van der Waals surface area contributed by atoms with Gasteiger partial charge in [-0.05, 0) is 36.2 Å². The van der Waals surface area contributed by atoms with Gasteiger partial charge in [-0.15, -0.1) is 0 Å². The Morgan fingerprint density at radius 1 is 1.36 bits per heavy atom. The lowest BCUT2D eigenvalue weighted by molar-refractivity contribution is -0.144. The lowest BCUT2D eigenvalue weighted by atomic mass is 9.65. The van der Waals surface area contributed by atoms with Crippen molar-refractivity contribution in [1.82, 2.24) is 0 Å². The zero-order chi connectivity index (χ0) is 15.2. The first kappa shape index (κ1) is 12.9. The Kier molecular flexibility index (Phi) is 2.37. The standard InChI is InChI=1S/C18H20O4/c1-7(2)17(19)22-13-4-8-3-10(13)15-9-5-11(14(8)15)16-12(9)6-21-18(16)20/h4-5,7-10,12,14-16H,3,6H2,1-2H3. The van der Waals surface area contributed by atoms with Crippen LogP contribution >= 0.6 is 0 Å². The number of cyclic esters (lactones) is 1. The van der Waals surface area contributed by atoms with Crippen molar-refractivity contribution in [2.75, 3.05) is 6.61 Å². The van der Waals surface area contributed by atoms with Crippen molar-refractivity contribution in [3.05, 3.63) is 23.5 Å². The van der Waals surface area contributed by atoms with E-state index >= 15 is 0 Å². The first-order chi connectivity index (χ1) is 10.6. The number of esters is 2. The first-order valence-corrected chi connectivity index (χ1v) is 8.38. The van der Waals surface area contributed by atoms with Crippen LogP contribution in [0.1, 0.15) is 20.3 Å². The van der Waals surface area contributed by atoms with E-state index in [2.05, 4.69) is 12.2 Å². The predicted octanol–water partition coefficient (Wildman–Crippen LogP) is 2.31. The molecule has 22 heavy (non-hydrogen) atoms. The van der Waals surface area contributed by atoms with E-state index in [-0.39, 0.29) is 23.8 Å². The van der Waals surface area contributed by atoms with Gasteiger partial charge in [-0.1, -0.05) is 25.5 Å². The van der Waals surface area contributed by atoms with E-state index in [0.29, 0.717) is 42.1 Å². The van der Waals surface area contributed by atoms with Crippen LogP contribution in [0.2, 0.25) is 0 Å². The molecule has 0 radical (unpaired) electrons. The van der Waals surface area contributed by atoms with E-state index in [0.717, 1.165) is 12.2 Å². The second-order valence-electron chi connectivity index (χ2n) is 7.77. The van der Waals surface area contributed by atoms with Crippen LogP contribution in [0.25, 0.3) is 0 Å². The van der Waals surface area contributed by atoms with E-state index in [1.807, 2.05) is 13.8 Å². The molecule has 1 aliphatic heterocycles. The van der Waals surface area contributed by atoms with Crippen molar-refractivity contribution in [1.29, 1.82) is 0 Å². The van der Waals surface area contributed by atoms with E-state index in [9.17, 15) is 9.59 Å². The van der Waals surface area contributed by atoms with Gasteiger partial charge in [0.2, 0.25) is 0 Å². The smallest absolute Gasteiger partial charge is 0.313 e. The maximum Gasteiger partial charge on any atom is 0.313 e. The van der Waals surface area contributed by atoms with Crippen LogP contribution in [0, 0.1) is 47.3 Å². The van der Waals surface area contributed by atoms with Gasteiger partial charge in [-0.25, -0.2) is 0 Å². The Hall–Kier alpha value is -1.58. The molecule has 0 aromatic carbocycles. The quantitative estimate of drug-likeness (QED) is 0.580. The summed E-state index contributed by atoms with van der Waals surface area (Å²) in [7, 11) is 0. The number of allylic oxidation sites excluding steroid dienone is 3. The molecule has 5 rings (SSSR count). The maximum absolute atomic E-state index is 12.0. The van der Waals surface area contributed by atoms with Crippen LogP contribution in [0.3, 0.4) is 0 Å². The van der Waals surface area contributed by atoms with Crippen LogP contribution in [0.15, 0.2) is 23.5 Å². The first-order valence-electron chi connectivity index (χ1n) is 8.38. The van der Waals surface area contributed by atoms with Crippen LogP contribution in [-0.4, -0.2) is 18.5 Å². The van der Waals surface area contributed by atoms with Crippen molar-refractivity contribution >= 4 is 11.9 Å². The Morgan fingerprint density at radius 3 is 2.95 bits per heavy atom. The lowest BCUT2D eigenvalue weighted by Gasteiger charge is -2.38. The number of rotatable bonds is 2. The molecule has 4 aliphatic carbocycles. The molecule has 7 atom stereocenters. The molecule has 0 amide bonds. The summed E-state index contributed by atoms with van der Waals surface area (Å²) in [4.78, 5) is 23.9. The molecule has 7 unspecified atom stereocenters. The Labute approximate surface area is 129 Å². The Morgan fingerprint density at radius 2 is 2.18 bits per heavy atom. The van der Waals surface area contributed by atoms with Gasteiger partial charge in [0.15, 0.2) is 0 Å². The molecular weight excluding hydrogens is 280 g/mol. The molecule has 4 bridgehead atoms. The molecule has 2 fully saturated rings. The van der Waals surface area contributed by atoms with Crippen molar-refractivity contribution < 1.29 is 19.1 Å². The predicted molar refractivity (Wildman–Crippen MR) is 77.1 cm³/mol. The van der Waals surface area contributed by atoms with Crippen LogP contribution in [0.5, 0.6) is 0 Å². The van der Waals surface area contributed by atoms with Gasteiger partial charge < -0.3 is 9.47 Å². The minimum absolute atomic E-state index is 0.0181. The Bertz CT molecular complexity index is 643. The molecule has 0 N–H and O–H groups in total. The molecule has 1 saturated heterocycles. The summed E-state index contributed by atoms with van der Waals surface area (Å²) in [6, 6.07) is 0. The zero-order valence-corrected chi connectivity index (χ0v) is 12.8. The van der Waals surface area contributed by atoms with Gasteiger partial charge in [0, 0.05) is 11.8 Å². The minimum atomic E-state index is -0.132. The largest absolute Gasteiger partial charge is 0.465 e. The van der Waals surface area contributed by atoms with Crippen LogP contribution in [-0.2, 0) is 19.1 Å². The number of hydrogen-bond donors (Lipinski definition) is 0. The Balaban J connectivity index is 1.44. The van der Waals surface area contributed by atoms with Crippen molar-refractivity contribution in [2.45, 2.75) is 20.3 Å². The fraction of sp³-hybridized carbons (Fsp3) is 0.667. The molecule has 1 saturated carbocycles. The number of fused-ring (bicyclic) bond motifs is 11. The topological polar surface area (TPSA) is 52.6 Å². The fourth-order valence-corrected chi connectivity index (χ4v) is 5.69. The summed E-state index contributed by atoms with van der Waals surface area (Å²) < 4.78 is 11.0. The number of hydrogen-bond acceptors (Lipinski definition) is 4. The second-order valence-corrected chi connectivity index (χ2v) is 7.77. The summed E-state index contributed by atoms with van der Waals surface area (Å²) >= 11 is 0. The van der Waals surface area contributed by atoms with E-state index < -0.39 is 0 Å². The summed E-state index contributed by atoms with van der Waals surface area (Å²) in [5, 5.41) is 0. The average Bonchev–Trinajstić information content (AvgIpc) is 3.20. The summed E-state index contributed by atoms with van der Waals surface area (Å²) in [6.07, 6.45) is 5.59. The van der Waals surface area contributed by atoms with E-state index in [1.165, 1.54) is 5.57 Å². The lowest BCUT2D eigenvalue weighted by Crippen LogP contribution is -2.38. The highest BCUT2D eigenvalue weighted by Gasteiger charge is 2.65. The third-order valence-electron chi connectivity index (χ3n) is 6.47. The second kappa shape index (κ2) is 4.03. The van der Waals surface area contributed by atoms with Crippen LogP contribution in [0.4, 0.5) is 0 Å². The molecule has 4 heteroatoms. The highest BCUT2D eigenvalue weighted by atomic mass is 16.5. The van der Waals surface area contributed by atoms with E-state index in [4.69, 9.17) is 9.47 Å². The highest BCUT2D eigenvalue weighted by Crippen LogP contribution is 2.68. The van der Waals surface area contributed by atoms with Crippen LogP contribution < -0.4 is 0 Å². The van der Waals surface area contributed by atoms with E-state index in [1.54, 1.807) is 0 Å².